The van der Waals surface area contributed by atoms with Gasteiger partial charge in [-0.1, -0.05) is 54.1 Å². The highest BCUT2D eigenvalue weighted by atomic mass is 35.5. The molecule has 1 N–H and O–H groups in total. The van der Waals surface area contributed by atoms with E-state index in [9.17, 15) is 14.3 Å². The third-order valence-corrected chi connectivity index (χ3v) is 13.8. The van der Waals surface area contributed by atoms with E-state index in [1.54, 1.807) is 31.5 Å². The highest BCUT2D eigenvalue weighted by Gasteiger charge is 2.30. The zero-order valence-electron chi connectivity index (χ0n) is 36.5. The minimum atomic E-state index is -1.39. The summed E-state index contributed by atoms with van der Waals surface area (Å²) >= 11 is 8.67. The molecular weight excluding hydrogens is 867 g/mol. The van der Waals surface area contributed by atoms with Crippen molar-refractivity contribution in [2.24, 2.45) is 0 Å². The fourth-order valence-corrected chi connectivity index (χ4v) is 9.90. The van der Waals surface area contributed by atoms with Crippen molar-refractivity contribution < 1.29 is 33.2 Å². The molecule has 0 unspecified atom stereocenters. The second-order valence-corrected chi connectivity index (χ2v) is 17.9. The Morgan fingerprint density at radius 2 is 1.82 bits per heavy atom. The van der Waals surface area contributed by atoms with Gasteiger partial charge in [0.2, 0.25) is 12.0 Å². The number of carbonyl (C=O) groups is 1. The quantitative estimate of drug-likeness (QED) is 0.148. The number of benzene rings is 4. The van der Waals surface area contributed by atoms with Gasteiger partial charge in [-0.15, -0.1) is 11.3 Å². The number of methoxy groups -OCH3 is 1. The molecule has 1 fully saturated rings. The Hall–Kier alpha value is -6.19. The van der Waals surface area contributed by atoms with E-state index >= 15 is 0 Å². The third kappa shape index (κ3) is 9.48. The summed E-state index contributed by atoms with van der Waals surface area (Å²) in [7, 11) is 3.76. The van der Waals surface area contributed by atoms with Crippen molar-refractivity contribution in [2.45, 2.75) is 58.0 Å². The number of hydrogen-bond donors (Lipinski definition) is 1. The van der Waals surface area contributed by atoms with Crippen LogP contribution in [0.15, 0.2) is 97.5 Å². The summed E-state index contributed by atoms with van der Waals surface area (Å²) in [6, 6.07) is 25.7. The number of piperazine rings is 1. The summed E-state index contributed by atoms with van der Waals surface area (Å²) < 4.78 is 39.7. The molecule has 1 saturated heterocycles. The number of fused-ring (bicyclic) bond motifs is 7. The third-order valence-electron chi connectivity index (χ3n) is 12.2. The van der Waals surface area contributed by atoms with Crippen LogP contribution < -0.4 is 18.9 Å². The van der Waals surface area contributed by atoms with Gasteiger partial charge in [-0.05, 0) is 104 Å². The van der Waals surface area contributed by atoms with E-state index < -0.39 is 12.1 Å². The van der Waals surface area contributed by atoms with Gasteiger partial charge >= 0.3 is 5.97 Å². The Bertz CT molecular complexity index is 2860. The van der Waals surface area contributed by atoms with Gasteiger partial charge in [0, 0.05) is 55.3 Å². The standard InChI is InChI=1S/C50H48ClFN6O6S/c1-29-25-58(22-21-57(29)3)26-36-15-9-31-10-17-39(62-27-35-19-20-53-47(56-35)38-7-5-6-8-40(38)61-4)33(23-31)24-42(50(59)60)64-48-44-43(37-16-18-41(63-36)45(51)30(37)2)46(65-49(44)55-28-54-48)32-11-13-34(52)14-12-32/h5-8,10-14,16-20,23,28-29,36,42H,9,15,21-22,24-27H2,1-4H3,(H,59,60)/t29-,36+,42-/m1/s1. The monoisotopic (exact) mass is 914 g/mol. The Morgan fingerprint density at radius 1 is 0.985 bits per heavy atom. The molecule has 7 aromatic rings. The zero-order chi connectivity index (χ0) is 45.2. The van der Waals surface area contributed by atoms with Crippen LogP contribution in [0.5, 0.6) is 23.1 Å². The number of hydrogen-bond acceptors (Lipinski definition) is 12. The molecule has 3 aliphatic heterocycles. The first-order valence-electron chi connectivity index (χ1n) is 21.5. The lowest BCUT2D eigenvalue weighted by Gasteiger charge is -2.39. The van der Waals surface area contributed by atoms with Crippen LogP contribution in [0, 0.1) is 12.7 Å². The lowest BCUT2D eigenvalue weighted by atomic mass is 9.96. The van der Waals surface area contributed by atoms with Crippen molar-refractivity contribution in [3.63, 3.8) is 0 Å². The number of carboxylic acid groups (broad SMARTS) is 1. The van der Waals surface area contributed by atoms with Gasteiger partial charge in [-0.2, -0.15) is 0 Å². The summed E-state index contributed by atoms with van der Waals surface area (Å²) in [5.74, 6) is 0.723. The van der Waals surface area contributed by atoms with Crippen LogP contribution in [0.1, 0.15) is 35.7 Å². The van der Waals surface area contributed by atoms with Gasteiger partial charge in [-0.3, -0.25) is 4.90 Å². The van der Waals surface area contributed by atoms with Gasteiger partial charge in [0.15, 0.2) is 5.82 Å². The normalized spacial score (nSPS) is 18.2. The van der Waals surface area contributed by atoms with Crippen LogP contribution in [0.3, 0.4) is 0 Å². The van der Waals surface area contributed by atoms with Crippen LogP contribution >= 0.6 is 22.9 Å². The summed E-state index contributed by atoms with van der Waals surface area (Å²) in [6.07, 6.45) is 2.66. The molecule has 10 rings (SSSR count). The van der Waals surface area contributed by atoms with E-state index in [1.807, 2.05) is 61.5 Å². The van der Waals surface area contributed by atoms with Crippen LogP contribution in [-0.2, 0) is 24.2 Å². The molecule has 65 heavy (non-hydrogen) atoms. The molecule has 0 saturated carbocycles. The molecule has 0 spiro atoms. The molecule has 0 radical (unpaired) electrons. The Balaban J connectivity index is 1.14. The van der Waals surface area contributed by atoms with E-state index in [2.05, 4.69) is 38.7 Å². The minimum absolute atomic E-state index is 0.0528. The van der Waals surface area contributed by atoms with Crippen molar-refractivity contribution in [2.75, 3.05) is 40.3 Å². The number of aromatic nitrogens is 4. The average Bonchev–Trinajstić information content (AvgIpc) is 3.70. The average molecular weight is 915 g/mol. The molecule has 15 heteroatoms. The second-order valence-electron chi connectivity index (χ2n) is 16.5. The number of halogens is 2. The first-order chi connectivity index (χ1) is 31.5. The maximum Gasteiger partial charge on any atom is 0.345 e. The molecule has 0 aliphatic carbocycles. The van der Waals surface area contributed by atoms with E-state index in [0.717, 1.165) is 52.3 Å². The lowest BCUT2D eigenvalue weighted by molar-refractivity contribution is -0.145. The molecule has 4 aromatic carbocycles. The summed E-state index contributed by atoms with van der Waals surface area (Å²) in [5.41, 5.74) is 5.93. The molecule has 3 aromatic heterocycles. The number of ether oxygens (including phenoxy) is 4. The molecule has 12 nitrogen and oxygen atoms in total. The van der Waals surface area contributed by atoms with Crippen LogP contribution in [0.25, 0.3) is 43.2 Å². The number of aryl methyl sites for hydroxylation is 1. The summed E-state index contributed by atoms with van der Waals surface area (Å²) in [4.78, 5) is 37.9. The maximum atomic E-state index is 14.3. The number of rotatable bonds is 9. The highest BCUT2D eigenvalue weighted by Crippen LogP contribution is 2.50. The molecule has 3 atom stereocenters. The van der Waals surface area contributed by atoms with Crippen LogP contribution in [0.4, 0.5) is 4.39 Å². The Kier molecular flexibility index (Phi) is 12.9. The predicted molar refractivity (Wildman–Crippen MR) is 250 cm³/mol. The number of carboxylic acids is 1. The van der Waals surface area contributed by atoms with Crippen LogP contribution in [-0.4, -0.2) is 99.4 Å². The lowest BCUT2D eigenvalue weighted by Crippen LogP contribution is -2.52. The molecule has 0 amide bonds. The van der Waals surface area contributed by atoms with Gasteiger partial charge in [0.1, 0.15) is 46.9 Å². The number of likely N-dealkylation sites (N-methyl/N-ethyl adjacent to an activating group) is 1. The van der Waals surface area contributed by atoms with Crippen molar-refractivity contribution >= 4 is 39.1 Å². The van der Waals surface area contributed by atoms with Crippen molar-refractivity contribution in [1.29, 1.82) is 0 Å². The largest absolute Gasteiger partial charge is 0.496 e. The Morgan fingerprint density at radius 3 is 2.62 bits per heavy atom. The summed E-state index contributed by atoms with van der Waals surface area (Å²) in [6.45, 7) is 7.72. The van der Waals surface area contributed by atoms with E-state index in [0.29, 0.717) is 80.6 Å². The fourth-order valence-electron chi connectivity index (χ4n) is 8.54. The van der Waals surface area contributed by atoms with Gasteiger partial charge in [0.25, 0.3) is 0 Å². The van der Waals surface area contributed by atoms with Gasteiger partial charge in [-0.25, -0.2) is 29.1 Å². The second kappa shape index (κ2) is 19.1. The first kappa shape index (κ1) is 44.0. The predicted octanol–water partition coefficient (Wildman–Crippen LogP) is 9.58. The molecule has 6 heterocycles. The number of aliphatic carboxylic acids is 1. The van der Waals surface area contributed by atoms with Gasteiger partial charge < -0.3 is 29.0 Å². The minimum Gasteiger partial charge on any atom is -0.496 e. The van der Waals surface area contributed by atoms with Crippen LogP contribution in [0.2, 0.25) is 5.02 Å². The SMILES string of the molecule is COc1ccccc1-c1nccc(COc2ccc3cc2C[C@H](C(=O)O)Oc2ncnc4sc(-c5ccc(F)cc5)c(c24)-c2ccc(c(Cl)c2C)O[C@H](CN2CCN(C)[C@H](C)C2)CC3)n1. The fraction of sp³-hybridized carbons (Fsp3) is 0.300. The molecular formula is C50H48ClFN6O6S. The zero-order valence-corrected chi connectivity index (χ0v) is 38.0. The molecule has 4 bridgehead atoms. The van der Waals surface area contributed by atoms with E-state index in [4.69, 9.17) is 35.5 Å². The van der Waals surface area contributed by atoms with E-state index in [1.165, 1.54) is 29.8 Å². The smallest absolute Gasteiger partial charge is 0.345 e. The molecule has 3 aliphatic rings. The van der Waals surface area contributed by atoms with Crippen molar-refractivity contribution in [3.05, 3.63) is 131 Å². The number of thiophene rings is 1. The van der Waals surface area contributed by atoms with Crippen molar-refractivity contribution in [1.82, 2.24) is 29.7 Å². The highest BCUT2D eigenvalue weighted by molar-refractivity contribution is 7.22. The van der Waals surface area contributed by atoms with Gasteiger partial charge in [0.05, 0.1) is 28.8 Å². The number of nitrogens with zero attached hydrogens (tertiary/aromatic N) is 6. The maximum absolute atomic E-state index is 14.3. The Labute approximate surface area is 385 Å². The van der Waals surface area contributed by atoms with Crippen molar-refractivity contribution in [3.8, 4) is 56.1 Å². The first-order valence-corrected chi connectivity index (χ1v) is 22.7. The number of para-hydroxylation sites is 1. The van der Waals surface area contributed by atoms with E-state index in [-0.39, 0.29) is 30.8 Å². The summed E-state index contributed by atoms with van der Waals surface area (Å²) in [5, 5.41) is 11.8. The molecule has 334 valence electrons. The topological polar surface area (TPSA) is 132 Å².